The van der Waals surface area contributed by atoms with Crippen molar-refractivity contribution in [3.63, 3.8) is 0 Å². The Labute approximate surface area is 124 Å². The maximum atomic E-state index is 12.5. The third-order valence-electron chi connectivity index (χ3n) is 4.64. The molecule has 2 saturated carbocycles. The molecule has 0 saturated heterocycles. The highest BCUT2D eigenvalue weighted by Crippen LogP contribution is 2.44. The van der Waals surface area contributed by atoms with E-state index in [1.54, 1.807) is 0 Å². The SMILES string of the molecule is O=C(NOC1CCCC1)C1(c2cccc(Cl)c2)CCC1. The summed E-state index contributed by atoms with van der Waals surface area (Å²) in [6.45, 7) is 0. The van der Waals surface area contributed by atoms with Gasteiger partial charge < -0.3 is 0 Å². The molecule has 0 heterocycles. The zero-order valence-electron chi connectivity index (χ0n) is 11.5. The summed E-state index contributed by atoms with van der Waals surface area (Å²) in [5.74, 6) is -0.0158. The fourth-order valence-corrected chi connectivity index (χ4v) is 3.39. The number of hydroxylamine groups is 1. The van der Waals surface area contributed by atoms with Gasteiger partial charge in [-0.25, -0.2) is 5.48 Å². The second-order valence-electron chi connectivity index (χ2n) is 5.90. The molecule has 3 nitrogen and oxygen atoms in total. The van der Waals surface area contributed by atoms with Crippen molar-refractivity contribution in [3.8, 4) is 0 Å². The Balaban J connectivity index is 1.69. The summed E-state index contributed by atoms with van der Waals surface area (Å²) in [5.41, 5.74) is 3.27. The van der Waals surface area contributed by atoms with Gasteiger partial charge in [-0.1, -0.05) is 43.0 Å². The summed E-state index contributed by atoms with van der Waals surface area (Å²) in [7, 11) is 0. The lowest BCUT2D eigenvalue weighted by Gasteiger charge is -2.40. The first-order valence-electron chi connectivity index (χ1n) is 7.43. The van der Waals surface area contributed by atoms with Crippen molar-refractivity contribution < 1.29 is 9.63 Å². The molecule has 0 spiro atoms. The normalized spacial score (nSPS) is 21.4. The number of amides is 1. The Morgan fingerprint density at radius 2 is 2.00 bits per heavy atom. The zero-order valence-corrected chi connectivity index (χ0v) is 12.3. The molecule has 0 atom stereocenters. The molecule has 2 aliphatic rings. The lowest BCUT2D eigenvalue weighted by molar-refractivity contribution is -0.147. The summed E-state index contributed by atoms with van der Waals surface area (Å²) < 4.78 is 0. The van der Waals surface area contributed by atoms with E-state index < -0.39 is 5.41 Å². The van der Waals surface area contributed by atoms with Crippen LogP contribution >= 0.6 is 11.6 Å². The van der Waals surface area contributed by atoms with Gasteiger partial charge in [0.25, 0.3) is 5.91 Å². The molecule has 108 valence electrons. The number of hydrogen-bond acceptors (Lipinski definition) is 2. The van der Waals surface area contributed by atoms with E-state index in [2.05, 4.69) is 5.48 Å². The molecule has 0 unspecified atom stereocenters. The minimum Gasteiger partial charge on any atom is -0.272 e. The average molecular weight is 294 g/mol. The molecule has 0 aliphatic heterocycles. The van der Waals surface area contributed by atoms with Gasteiger partial charge in [0, 0.05) is 5.02 Å². The number of benzene rings is 1. The first kappa shape index (κ1) is 13.9. The Kier molecular flexibility index (Phi) is 3.99. The Bertz CT molecular complexity index is 493. The summed E-state index contributed by atoms with van der Waals surface area (Å²) in [6, 6.07) is 7.63. The van der Waals surface area contributed by atoms with Gasteiger partial charge in [0.05, 0.1) is 11.5 Å². The zero-order chi connectivity index (χ0) is 14.0. The topological polar surface area (TPSA) is 38.3 Å². The summed E-state index contributed by atoms with van der Waals surface area (Å²) >= 11 is 6.05. The van der Waals surface area contributed by atoms with Crippen molar-refractivity contribution >= 4 is 17.5 Å². The molecule has 0 aromatic heterocycles. The smallest absolute Gasteiger partial charge is 0.254 e. The molecule has 1 aromatic carbocycles. The van der Waals surface area contributed by atoms with Crippen LogP contribution in [0.15, 0.2) is 24.3 Å². The van der Waals surface area contributed by atoms with E-state index in [-0.39, 0.29) is 12.0 Å². The number of halogens is 1. The van der Waals surface area contributed by atoms with Crippen LogP contribution < -0.4 is 5.48 Å². The van der Waals surface area contributed by atoms with Crippen LogP contribution in [0.1, 0.15) is 50.5 Å². The van der Waals surface area contributed by atoms with Crippen molar-refractivity contribution in [1.29, 1.82) is 0 Å². The van der Waals surface area contributed by atoms with Crippen LogP contribution in [0.25, 0.3) is 0 Å². The Hall–Kier alpha value is -1.06. The fraction of sp³-hybridized carbons (Fsp3) is 0.562. The molecule has 2 fully saturated rings. The van der Waals surface area contributed by atoms with Crippen molar-refractivity contribution in [2.75, 3.05) is 0 Å². The summed E-state index contributed by atoms with van der Waals surface area (Å²) in [5, 5.41) is 0.679. The van der Waals surface area contributed by atoms with Crippen LogP contribution in [0.5, 0.6) is 0 Å². The minimum absolute atomic E-state index is 0.0158. The van der Waals surface area contributed by atoms with Gasteiger partial charge in [0.2, 0.25) is 0 Å². The van der Waals surface area contributed by atoms with Gasteiger partial charge in [0.15, 0.2) is 0 Å². The van der Waals surface area contributed by atoms with E-state index in [1.807, 2.05) is 24.3 Å². The third kappa shape index (κ3) is 2.57. The Morgan fingerprint density at radius 1 is 1.25 bits per heavy atom. The standard InChI is InChI=1S/C16H20ClNO2/c17-13-6-3-5-12(11-13)16(9-4-10-16)15(19)18-20-14-7-1-2-8-14/h3,5-6,11,14H,1-2,4,7-10H2,(H,18,19). The summed E-state index contributed by atoms with van der Waals surface area (Å²) in [6.07, 6.45) is 7.48. The highest BCUT2D eigenvalue weighted by atomic mass is 35.5. The predicted molar refractivity (Wildman–Crippen MR) is 78.5 cm³/mol. The number of hydrogen-bond donors (Lipinski definition) is 1. The average Bonchev–Trinajstić information content (AvgIpc) is 2.88. The molecule has 2 aliphatic carbocycles. The minimum atomic E-state index is -0.441. The second-order valence-corrected chi connectivity index (χ2v) is 6.34. The van der Waals surface area contributed by atoms with E-state index in [1.165, 1.54) is 12.8 Å². The number of carbonyl (C=O) groups is 1. The molecule has 20 heavy (non-hydrogen) atoms. The molecule has 1 N–H and O–H groups in total. The Morgan fingerprint density at radius 3 is 2.60 bits per heavy atom. The van der Waals surface area contributed by atoms with Crippen LogP contribution in [0.3, 0.4) is 0 Å². The molecular weight excluding hydrogens is 274 g/mol. The number of rotatable bonds is 4. The number of carbonyl (C=O) groups excluding carboxylic acids is 1. The first-order chi connectivity index (χ1) is 9.71. The molecule has 4 heteroatoms. The van der Waals surface area contributed by atoms with E-state index in [0.29, 0.717) is 5.02 Å². The number of nitrogens with one attached hydrogen (secondary N) is 1. The van der Waals surface area contributed by atoms with Crippen LogP contribution in [0.2, 0.25) is 5.02 Å². The van der Waals surface area contributed by atoms with Crippen molar-refractivity contribution in [3.05, 3.63) is 34.9 Å². The van der Waals surface area contributed by atoms with E-state index in [4.69, 9.17) is 16.4 Å². The first-order valence-corrected chi connectivity index (χ1v) is 7.81. The molecule has 1 amide bonds. The fourth-order valence-electron chi connectivity index (χ4n) is 3.20. The molecule has 0 radical (unpaired) electrons. The molecular formula is C16H20ClNO2. The highest BCUT2D eigenvalue weighted by Gasteiger charge is 2.46. The van der Waals surface area contributed by atoms with E-state index in [0.717, 1.165) is 37.7 Å². The van der Waals surface area contributed by atoms with Gasteiger partial charge in [-0.05, 0) is 43.4 Å². The maximum absolute atomic E-state index is 12.5. The van der Waals surface area contributed by atoms with Crippen molar-refractivity contribution in [2.45, 2.75) is 56.5 Å². The third-order valence-corrected chi connectivity index (χ3v) is 4.87. The molecule has 1 aromatic rings. The van der Waals surface area contributed by atoms with Gasteiger partial charge in [-0.2, -0.15) is 0 Å². The summed E-state index contributed by atoms with van der Waals surface area (Å²) in [4.78, 5) is 18.1. The van der Waals surface area contributed by atoms with Gasteiger partial charge in [-0.3, -0.25) is 9.63 Å². The van der Waals surface area contributed by atoms with Gasteiger partial charge in [0.1, 0.15) is 0 Å². The van der Waals surface area contributed by atoms with E-state index >= 15 is 0 Å². The van der Waals surface area contributed by atoms with Crippen molar-refractivity contribution in [1.82, 2.24) is 5.48 Å². The monoisotopic (exact) mass is 293 g/mol. The quantitative estimate of drug-likeness (QED) is 0.859. The van der Waals surface area contributed by atoms with Gasteiger partial charge >= 0.3 is 0 Å². The second kappa shape index (κ2) is 5.74. The van der Waals surface area contributed by atoms with Gasteiger partial charge in [-0.15, -0.1) is 0 Å². The lowest BCUT2D eigenvalue weighted by atomic mass is 9.64. The molecule has 0 bridgehead atoms. The van der Waals surface area contributed by atoms with Crippen LogP contribution in [-0.4, -0.2) is 12.0 Å². The predicted octanol–water partition coefficient (Wildman–Crippen LogP) is 3.75. The highest BCUT2D eigenvalue weighted by molar-refractivity contribution is 6.30. The lowest BCUT2D eigenvalue weighted by Crippen LogP contribution is -2.49. The van der Waals surface area contributed by atoms with Crippen molar-refractivity contribution in [2.24, 2.45) is 0 Å². The largest absolute Gasteiger partial charge is 0.272 e. The van der Waals surface area contributed by atoms with Crippen LogP contribution in [0, 0.1) is 0 Å². The van der Waals surface area contributed by atoms with Crippen LogP contribution in [0.4, 0.5) is 0 Å². The maximum Gasteiger partial charge on any atom is 0.254 e. The molecule has 3 rings (SSSR count). The van der Waals surface area contributed by atoms with Crippen LogP contribution in [-0.2, 0) is 15.0 Å². The van der Waals surface area contributed by atoms with E-state index in [9.17, 15) is 4.79 Å².